The molecule has 0 spiro atoms. The van der Waals surface area contributed by atoms with Crippen molar-refractivity contribution in [2.24, 2.45) is 0 Å². The van der Waals surface area contributed by atoms with Crippen molar-refractivity contribution in [1.29, 1.82) is 0 Å². The van der Waals surface area contributed by atoms with Gasteiger partial charge in [0, 0.05) is 11.1 Å². The molecule has 2 aromatic carbocycles. The lowest BCUT2D eigenvalue weighted by molar-refractivity contribution is 0.0999. The summed E-state index contributed by atoms with van der Waals surface area (Å²) in [4.78, 5) is 25.9. The molecule has 8 nitrogen and oxygen atoms in total. The van der Waals surface area contributed by atoms with Gasteiger partial charge in [-0.25, -0.2) is 0 Å². The van der Waals surface area contributed by atoms with E-state index in [1.165, 1.54) is 0 Å². The van der Waals surface area contributed by atoms with Crippen molar-refractivity contribution in [3.05, 3.63) is 64.9 Å². The molecule has 0 aliphatic heterocycles. The van der Waals surface area contributed by atoms with Gasteiger partial charge >= 0.3 is 0 Å². The van der Waals surface area contributed by atoms with E-state index in [1.807, 2.05) is 0 Å². The van der Waals surface area contributed by atoms with Crippen molar-refractivity contribution >= 4 is 45.7 Å². The molecule has 146 valence electrons. The van der Waals surface area contributed by atoms with Crippen LogP contribution in [0.3, 0.4) is 0 Å². The van der Waals surface area contributed by atoms with E-state index in [2.05, 4.69) is 20.2 Å². The highest BCUT2D eigenvalue weighted by Crippen LogP contribution is 2.32. The van der Waals surface area contributed by atoms with Crippen LogP contribution in [0.2, 0.25) is 0 Å². The molecule has 0 saturated carbocycles. The van der Waals surface area contributed by atoms with E-state index in [0.717, 1.165) is 11.5 Å². The molecule has 2 aromatic heterocycles. The van der Waals surface area contributed by atoms with Crippen LogP contribution in [0, 0.1) is 6.92 Å². The Labute approximate surface area is 169 Å². The lowest BCUT2D eigenvalue weighted by atomic mass is 10.2. The Morgan fingerprint density at radius 3 is 2.48 bits per heavy atom. The first-order valence-electron chi connectivity index (χ1n) is 8.64. The summed E-state index contributed by atoms with van der Waals surface area (Å²) in [6, 6.07) is 14.0. The number of para-hydroxylation sites is 1. The normalized spacial score (nSPS) is 10.7. The van der Waals surface area contributed by atoms with Gasteiger partial charge in [0.1, 0.15) is 21.9 Å². The number of aryl methyl sites for hydroxylation is 1. The van der Waals surface area contributed by atoms with Crippen molar-refractivity contribution in [1.82, 2.24) is 9.59 Å². The van der Waals surface area contributed by atoms with Gasteiger partial charge in [-0.1, -0.05) is 16.6 Å². The summed E-state index contributed by atoms with van der Waals surface area (Å²) in [6.45, 7) is 1.70. The maximum atomic E-state index is 12.9. The minimum atomic E-state index is -0.485. The quantitative estimate of drug-likeness (QED) is 0.515. The number of carbonyl (C=O) groups is 2. The molecular weight excluding hydrogens is 392 g/mol. The highest BCUT2D eigenvalue weighted by Gasteiger charge is 2.24. The first-order chi connectivity index (χ1) is 14.1. The number of methoxy groups -OCH3 is 1. The Balaban J connectivity index is 1.68. The van der Waals surface area contributed by atoms with Crippen LogP contribution in [-0.2, 0) is 0 Å². The van der Waals surface area contributed by atoms with Crippen molar-refractivity contribution in [2.45, 2.75) is 6.92 Å². The Morgan fingerprint density at radius 2 is 1.79 bits per heavy atom. The standard InChI is InChI=1S/C20H16N4O4S/c1-11-18(29-24-23-11)20(26)22-16-14-5-3-4-6-15(14)28-17(16)19(25)21-12-7-9-13(27-2)10-8-12/h3-10H,1-2H3,(H,21,25)(H,22,26). The number of carbonyl (C=O) groups excluding carboxylic acids is 2. The lowest BCUT2D eigenvalue weighted by Crippen LogP contribution is -2.17. The monoisotopic (exact) mass is 408 g/mol. The van der Waals surface area contributed by atoms with E-state index < -0.39 is 11.8 Å². The summed E-state index contributed by atoms with van der Waals surface area (Å²) >= 11 is 0.989. The number of ether oxygens (including phenoxy) is 1. The van der Waals surface area contributed by atoms with E-state index in [0.29, 0.717) is 38.7 Å². The van der Waals surface area contributed by atoms with Gasteiger partial charge < -0.3 is 19.8 Å². The molecule has 29 heavy (non-hydrogen) atoms. The number of rotatable bonds is 5. The lowest BCUT2D eigenvalue weighted by Gasteiger charge is -2.07. The molecule has 0 atom stereocenters. The Kier molecular flexibility index (Phi) is 4.96. The number of hydrogen-bond donors (Lipinski definition) is 2. The van der Waals surface area contributed by atoms with Crippen LogP contribution in [-0.4, -0.2) is 28.5 Å². The summed E-state index contributed by atoms with van der Waals surface area (Å²) in [7, 11) is 1.57. The first-order valence-corrected chi connectivity index (χ1v) is 9.41. The topological polar surface area (TPSA) is 106 Å². The molecule has 0 aliphatic carbocycles. The molecule has 2 amide bonds. The molecule has 4 aromatic rings. The largest absolute Gasteiger partial charge is 0.497 e. The molecule has 0 saturated heterocycles. The van der Waals surface area contributed by atoms with Crippen molar-refractivity contribution in [3.8, 4) is 5.75 Å². The summed E-state index contributed by atoms with van der Waals surface area (Å²) in [6.07, 6.45) is 0. The number of nitrogens with zero attached hydrogens (tertiary/aromatic N) is 2. The van der Waals surface area contributed by atoms with Crippen molar-refractivity contribution in [2.75, 3.05) is 17.7 Å². The third-order valence-electron chi connectivity index (χ3n) is 4.25. The smallest absolute Gasteiger partial charge is 0.293 e. The molecule has 2 heterocycles. The van der Waals surface area contributed by atoms with Crippen LogP contribution in [0.4, 0.5) is 11.4 Å². The number of fused-ring (bicyclic) bond motifs is 1. The number of benzene rings is 2. The van der Waals surface area contributed by atoms with Crippen molar-refractivity contribution < 1.29 is 18.7 Å². The molecule has 0 bridgehead atoms. The summed E-state index contributed by atoms with van der Waals surface area (Å²) in [5, 5.41) is 10.0. The third kappa shape index (κ3) is 3.67. The summed E-state index contributed by atoms with van der Waals surface area (Å²) in [5.74, 6) is -0.206. The summed E-state index contributed by atoms with van der Waals surface area (Å²) in [5.41, 5.74) is 1.87. The molecule has 0 radical (unpaired) electrons. The van der Waals surface area contributed by atoms with Crippen LogP contribution >= 0.6 is 11.5 Å². The van der Waals surface area contributed by atoms with Crippen LogP contribution in [0.15, 0.2) is 52.9 Å². The predicted molar refractivity (Wildman–Crippen MR) is 110 cm³/mol. The minimum Gasteiger partial charge on any atom is -0.497 e. The third-order valence-corrected chi connectivity index (χ3v) is 5.07. The Morgan fingerprint density at radius 1 is 1.03 bits per heavy atom. The van der Waals surface area contributed by atoms with Gasteiger partial charge in [0.15, 0.2) is 0 Å². The Hall–Kier alpha value is -3.72. The SMILES string of the molecule is COc1ccc(NC(=O)c2oc3ccccc3c2NC(=O)c2snnc2C)cc1. The summed E-state index contributed by atoms with van der Waals surface area (Å²) < 4.78 is 14.6. The average molecular weight is 408 g/mol. The van der Waals surface area contributed by atoms with Crippen LogP contribution in [0.1, 0.15) is 25.9 Å². The molecular formula is C20H16N4O4S. The number of aromatic nitrogens is 2. The van der Waals surface area contributed by atoms with Gasteiger partial charge in [0.25, 0.3) is 11.8 Å². The van der Waals surface area contributed by atoms with Gasteiger partial charge in [-0.05, 0) is 54.9 Å². The highest BCUT2D eigenvalue weighted by molar-refractivity contribution is 7.08. The van der Waals surface area contributed by atoms with Gasteiger partial charge in [-0.2, -0.15) is 0 Å². The van der Waals surface area contributed by atoms with Gasteiger partial charge in [-0.3, -0.25) is 9.59 Å². The van der Waals surface area contributed by atoms with E-state index >= 15 is 0 Å². The number of furan rings is 1. The van der Waals surface area contributed by atoms with Gasteiger partial charge in [0.2, 0.25) is 5.76 Å². The molecule has 9 heteroatoms. The zero-order valence-corrected chi connectivity index (χ0v) is 16.4. The van der Waals surface area contributed by atoms with E-state index in [9.17, 15) is 9.59 Å². The second-order valence-electron chi connectivity index (χ2n) is 6.13. The fourth-order valence-corrected chi connectivity index (χ4v) is 3.35. The first kappa shape index (κ1) is 18.6. The number of hydrogen-bond acceptors (Lipinski definition) is 7. The second-order valence-corrected chi connectivity index (χ2v) is 6.88. The van der Waals surface area contributed by atoms with Crippen LogP contribution in [0.25, 0.3) is 11.0 Å². The Bertz CT molecular complexity index is 1200. The average Bonchev–Trinajstić information content (AvgIpc) is 3.32. The second kappa shape index (κ2) is 7.72. The highest BCUT2D eigenvalue weighted by atomic mass is 32.1. The maximum absolute atomic E-state index is 12.9. The van der Waals surface area contributed by atoms with E-state index in [4.69, 9.17) is 9.15 Å². The number of anilines is 2. The molecule has 0 aliphatic rings. The molecule has 0 fully saturated rings. The zero-order chi connectivity index (χ0) is 20.4. The fourth-order valence-electron chi connectivity index (χ4n) is 2.80. The molecule has 0 unspecified atom stereocenters. The number of nitrogens with one attached hydrogen (secondary N) is 2. The van der Waals surface area contributed by atoms with Gasteiger partial charge in [-0.15, -0.1) is 5.10 Å². The van der Waals surface area contributed by atoms with E-state index in [1.54, 1.807) is 62.6 Å². The van der Waals surface area contributed by atoms with E-state index in [-0.39, 0.29) is 5.76 Å². The minimum absolute atomic E-state index is 0.00509. The van der Waals surface area contributed by atoms with Crippen molar-refractivity contribution in [3.63, 3.8) is 0 Å². The number of amides is 2. The van der Waals surface area contributed by atoms with Gasteiger partial charge in [0.05, 0.1) is 12.8 Å². The molecule has 4 rings (SSSR count). The fraction of sp³-hybridized carbons (Fsp3) is 0.100. The van der Waals surface area contributed by atoms with Crippen LogP contribution in [0.5, 0.6) is 5.75 Å². The maximum Gasteiger partial charge on any atom is 0.293 e. The zero-order valence-electron chi connectivity index (χ0n) is 15.6. The predicted octanol–water partition coefficient (Wildman–Crippen LogP) is 4.11. The molecule has 2 N–H and O–H groups in total. The van der Waals surface area contributed by atoms with Crippen LogP contribution < -0.4 is 15.4 Å².